The molecule has 2 heterocycles. The fourth-order valence-electron chi connectivity index (χ4n) is 1.30. The molecule has 9 nitrogen and oxygen atoms in total. The van der Waals surface area contributed by atoms with Gasteiger partial charge in [-0.15, -0.1) is 5.10 Å². The zero-order valence-electron chi connectivity index (χ0n) is 9.57. The van der Waals surface area contributed by atoms with Gasteiger partial charge in [0.05, 0.1) is 6.54 Å². The van der Waals surface area contributed by atoms with Crippen LogP contribution in [0.25, 0.3) is 0 Å². The molecule has 18 heavy (non-hydrogen) atoms. The smallest absolute Gasteiger partial charge is 0.256 e. The Hall–Kier alpha value is -1.33. The van der Waals surface area contributed by atoms with Crippen molar-refractivity contribution in [3.63, 3.8) is 0 Å². The average Bonchev–Trinajstić information content (AvgIpc) is 2.83. The van der Waals surface area contributed by atoms with Crippen LogP contribution in [0, 0.1) is 0 Å². The Balaban J connectivity index is 2.18. The van der Waals surface area contributed by atoms with E-state index in [-0.39, 0.29) is 16.2 Å². The van der Waals surface area contributed by atoms with Gasteiger partial charge < -0.3 is 0 Å². The molecule has 11 heteroatoms. The molecule has 0 saturated heterocycles. The van der Waals surface area contributed by atoms with Gasteiger partial charge in [0.2, 0.25) is 5.03 Å². The third-order valence-electron chi connectivity index (χ3n) is 2.06. The summed E-state index contributed by atoms with van der Waals surface area (Å²) >= 11 is 3.03. The Kier molecular flexibility index (Phi) is 3.45. The van der Waals surface area contributed by atoms with Crippen molar-refractivity contribution in [3.8, 4) is 0 Å². The lowest BCUT2D eigenvalue weighted by molar-refractivity contribution is 0.558. The number of aryl methyl sites for hydroxylation is 2. The van der Waals surface area contributed by atoms with Gasteiger partial charge >= 0.3 is 0 Å². The summed E-state index contributed by atoms with van der Waals surface area (Å²) in [6.45, 7) is 0.000787. The summed E-state index contributed by atoms with van der Waals surface area (Å²) in [6, 6.07) is 0. The summed E-state index contributed by atoms with van der Waals surface area (Å²) < 4.78 is 29.2. The van der Waals surface area contributed by atoms with E-state index in [9.17, 15) is 8.42 Å². The molecular weight excluding hydrogens is 326 g/mol. The minimum absolute atomic E-state index is 0.000787. The normalized spacial score (nSPS) is 11.9. The van der Waals surface area contributed by atoms with E-state index in [0.29, 0.717) is 5.82 Å². The number of hydrogen-bond acceptors (Lipinski definition) is 6. The second-order valence-corrected chi connectivity index (χ2v) is 5.90. The summed E-state index contributed by atoms with van der Waals surface area (Å²) in [7, 11) is -0.523. The molecule has 1 N–H and O–H groups in total. The van der Waals surface area contributed by atoms with Crippen LogP contribution in [0.15, 0.2) is 16.0 Å². The van der Waals surface area contributed by atoms with Crippen molar-refractivity contribution < 1.29 is 8.42 Å². The standard InChI is InChI=1S/C7H10BrN7O2S/c1-14-4-9-5(12-14)3-10-18(16,17)7-6(8)11-13-15(7)2/h4,10H,3H2,1-2H3. The van der Waals surface area contributed by atoms with Gasteiger partial charge in [-0.05, 0) is 15.9 Å². The number of hydrogen-bond donors (Lipinski definition) is 1. The van der Waals surface area contributed by atoms with E-state index in [0.717, 1.165) is 4.68 Å². The van der Waals surface area contributed by atoms with Gasteiger partial charge in [-0.25, -0.2) is 22.8 Å². The van der Waals surface area contributed by atoms with E-state index >= 15 is 0 Å². The lowest BCUT2D eigenvalue weighted by atomic mass is 10.6. The van der Waals surface area contributed by atoms with E-state index in [1.807, 2.05) is 0 Å². The van der Waals surface area contributed by atoms with Gasteiger partial charge in [-0.2, -0.15) is 5.10 Å². The number of sulfonamides is 1. The van der Waals surface area contributed by atoms with Crippen LogP contribution in [0.3, 0.4) is 0 Å². The van der Waals surface area contributed by atoms with Crippen molar-refractivity contribution in [1.82, 2.24) is 34.5 Å². The first-order valence-electron chi connectivity index (χ1n) is 4.79. The fourth-order valence-corrected chi connectivity index (χ4v) is 3.37. The molecule has 98 valence electrons. The molecule has 0 unspecified atom stereocenters. The predicted molar refractivity (Wildman–Crippen MR) is 63.7 cm³/mol. The van der Waals surface area contributed by atoms with Gasteiger partial charge in [0.25, 0.3) is 10.0 Å². The first-order valence-corrected chi connectivity index (χ1v) is 7.07. The number of nitrogens with zero attached hydrogens (tertiary/aromatic N) is 6. The van der Waals surface area contributed by atoms with E-state index in [2.05, 4.69) is 41.0 Å². The second-order valence-electron chi connectivity index (χ2n) is 3.47. The minimum Gasteiger partial charge on any atom is -0.256 e. The molecule has 0 aliphatic rings. The maximum atomic E-state index is 12.0. The van der Waals surface area contributed by atoms with Crippen LogP contribution >= 0.6 is 15.9 Å². The van der Waals surface area contributed by atoms with Gasteiger partial charge in [0, 0.05) is 14.1 Å². The highest BCUT2D eigenvalue weighted by atomic mass is 79.9. The number of rotatable bonds is 4. The summed E-state index contributed by atoms with van der Waals surface area (Å²) in [5.74, 6) is 0.382. The van der Waals surface area contributed by atoms with Gasteiger partial charge in [-0.3, -0.25) is 4.68 Å². The summed E-state index contributed by atoms with van der Waals surface area (Å²) in [5, 5.41) is 11.1. The summed E-state index contributed by atoms with van der Waals surface area (Å²) in [6.07, 6.45) is 1.49. The zero-order chi connectivity index (χ0) is 13.3. The van der Waals surface area contributed by atoms with E-state index in [1.165, 1.54) is 18.1 Å². The Morgan fingerprint density at radius 3 is 2.67 bits per heavy atom. The molecule has 2 aromatic rings. The first kappa shape index (κ1) is 13.1. The van der Waals surface area contributed by atoms with Crippen molar-refractivity contribution in [2.45, 2.75) is 11.6 Å². The molecule has 0 amide bonds. The highest BCUT2D eigenvalue weighted by molar-refractivity contribution is 9.10. The summed E-state index contributed by atoms with van der Waals surface area (Å²) in [4.78, 5) is 3.92. The summed E-state index contributed by atoms with van der Waals surface area (Å²) in [5.41, 5.74) is 0. The second kappa shape index (κ2) is 4.74. The number of aromatic nitrogens is 6. The monoisotopic (exact) mass is 335 g/mol. The maximum Gasteiger partial charge on any atom is 0.260 e. The van der Waals surface area contributed by atoms with Crippen LogP contribution in [-0.2, 0) is 30.7 Å². The SMILES string of the molecule is Cn1cnc(CNS(=O)(=O)c2c(Br)nnn2C)n1. The van der Waals surface area contributed by atoms with Crippen molar-refractivity contribution >= 4 is 26.0 Å². The molecular formula is C7H10BrN7O2S. The third-order valence-corrected chi connectivity index (χ3v) is 4.35. The molecule has 0 saturated carbocycles. The molecule has 0 aliphatic carbocycles. The van der Waals surface area contributed by atoms with Crippen molar-refractivity contribution in [1.29, 1.82) is 0 Å². The zero-order valence-corrected chi connectivity index (χ0v) is 12.0. The Morgan fingerprint density at radius 1 is 1.44 bits per heavy atom. The Bertz CT molecular complexity index is 642. The topological polar surface area (TPSA) is 108 Å². The fraction of sp³-hybridized carbons (Fsp3) is 0.429. The molecule has 0 aliphatic heterocycles. The highest BCUT2D eigenvalue weighted by Crippen LogP contribution is 2.17. The largest absolute Gasteiger partial charge is 0.260 e. The van der Waals surface area contributed by atoms with Crippen molar-refractivity contribution in [3.05, 3.63) is 16.8 Å². The van der Waals surface area contributed by atoms with Gasteiger partial charge in [0.1, 0.15) is 6.33 Å². The van der Waals surface area contributed by atoms with Gasteiger partial charge in [-0.1, -0.05) is 5.21 Å². The number of halogens is 1. The van der Waals surface area contributed by atoms with Crippen LogP contribution in [0.2, 0.25) is 0 Å². The maximum absolute atomic E-state index is 12.0. The van der Waals surface area contributed by atoms with Crippen LogP contribution in [0.4, 0.5) is 0 Å². The van der Waals surface area contributed by atoms with E-state index < -0.39 is 10.0 Å². The first-order chi connectivity index (χ1) is 8.40. The molecule has 2 aromatic heterocycles. The molecule has 2 rings (SSSR count). The van der Waals surface area contributed by atoms with Gasteiger partial charge in [0.15, 0.2) is 10.4 Å². The molecule has 0 radical (unpaired) electrons. The Labute approximate surface area is 111 Å². The quantitative estimate of drug-likeness (QED) is 0.782. The van der Waals surface area contributed by atoms with Crippen LogP contribution in [0.1, 0.15) is 5.82 Å². The predicted octanol–water partition coefficient (Wildman–Crippen LogP) is -0.815. The Morgan fingerprint density at radius 2 is 2.17 bits per heavy atom. The lowest BCUT2D eigenvalue weighted by Crippen LogP contribution is -2.26. The number of nitrogens with one attached hydrogen (secondary N) is 1. The highest BCUT2D eigenvalue weighted by Gasteiger charge is 2.23. The van der Waals surface area contributed by atoms with E-state index in [1.54, 1.807) is 7.05 Å². The third kappa shape index (κ3) is 2.57. The van der Waals surface area contributed by atoms with Crippen molar-refractivity contribution in [2.75, 3.05) is 0 Å². The molecule has 0 fully saturated rings. The van der Waals surface area contributed by atoms with Crippen LogP contribution < -0.4 is 4.72 Å². The molecule has 0 aromatic carbocycles. The molecule has 0 bridgehead atoms. The molecule has 0 spiro atoms. The average molecular weight is 336 g/mol. The van der Waals surface area contributed by atoms with Crippen LogP contribution in [-0.4, -0.2) is 38.2 Å². The van der Waals surface area contributed by atoms with Crippen LogP contribution in [0.5, 0.6) is 0 Å². The lowest BCUT2D eigenvalue weighted by Gasteiger charge is -2.04. The van der Waals surface area contributed by atoms with Crippen molar-refractivity contribution in [2.24, 2.45) is 14.1 Å². The minimum atomic E-state index is -3.72. The van der Waals surface area contributed by atoms with E-state index in [4.69, 9.17) is 0 Å². The molecule has 0 atom stereocenters.